The molecule has 2 heterocycles. The number of nitrogens with zero attached hydrogens (tertiary/aromatic N) is 2. The van der Waals surface area contributed by atoms with Crippen LogP contribution in [0.25, 0.3) is 0 Å². The Morgan fingerprint density at radius 1 is 1.56 bits per heavy atom. The molecule has 100 valence electrons. The van der Waals surface area contributed by atoms with Crippen LogP contribution < -0.4 is 0 Å². The fraction of sp³-hybridized carbons (Fsp3) is 0.615. The number of hydrogen-bond acceptors (Lipinski definition) is 4. The van der Waals surface area contributed by atoms with Crippen molar-refractivity contribution in [1.29, 1.82) is 0 Å². The minimum atomic E-state index is -0.217. The lowest BCUT2D eigenvalue weighted by molar-refractivity contribution is -0.150. The van der Waals surface area contributed by atoms with Crippen molar-refractivity contribution in [3.05, 3.63) is 28.5 Å². The molecule has 0 radical (unpaired) electrons. The Morgan fingerprint density at radius 3 is 3.00 bits per heavy atom. The van der Waals surface area contributed by atoms with Crippen LogP contribution in [0.1, 0.15) is 19.4 Å². The molecule has 0 spiro atoms. The van der Waals surface area contributed by atoms with Gasteiger partial charge >= 0.3 is 0 Å². The number of morpholine rings is 1. The van der Waals surface area contributed by atoms with E-state index in [-0.39, 0.29) is 18.3 Å². The summed E-state index contributed by atoms with van der Waals surface area (Å²) in [7, 11) is 0. The molecule has 1 aliphatic heterocycles. The first-order valence-corrected chi connectivity index (χ1v) is 6.88. The number of pyridine rings is 1. The van der Waals surface area contributed by atoms with Crippen LogP contribution in [0.4, 0.5) is 0 Å². The Hall–Kier alpha value is -0.490. The predicted molar refractivity (Wildman–Crippen MR) is 73.3 cm³/mol. The summed E-state index contributed by atoms with van der Waals surface area (Å²) in [6, 6.07) is 2.07. The molecule has 0 aromatic carbocycles. The smallest absolute Gasteiger partial charge is 0.0940 e. The first-order valence-electron chi connectivity index (χ1n) is 6.09. The number of aromatic nitrogens is 1. The van der Waals surface area contributed by atoms with Crippen molar-refractivity contribution in [3.8, 4) is 0 Å². The minimum absolute atomic E-state index is 0.0661. The first-order chi connectivity index (χ1) is 8.48. The van der Waals surface area contributed by atoms with Crippen molar-refractivity contribution in [2.75, 3.05) is 19.7 Å². The summed E-state index contributed by atoms with van der Waals surface area (Å²) < 4.78 is 6.79. The first kappa shape index (κ1) is 13.9. The van der Waals surface area contributed by atoms with Gasteiger partial charge in [0.05, 0.1) is 18.3 Å². The molecule has 1 unspecified atom stereocenters. The number of aliphatic hydroxyl groups excluding tert-OH is 1. The molecule has 0 saturated carbocycles. The van der Waals surface area contributed by atoms with Crippen LogP contribution in [-0.2, 0) is 11.3 Å². The number of aliphatic hydroxyl groups is 1. The lowest BCUT2D eigenvalue weighted by Gasteiger charge is -2.42. The van der Waals surface area contributed by atoms with Crippen molar-refractivity contribution in [2.24, 2.45) is 0 Å². The van der Waals surface area contributed by atoms with E-state index in [1.54, 1.807) is 6.20 Å². The maximum absolute atomic E-state index is 9.28. The summed E-state index contributed by atoms with van der Waals surface area (Å²) in [5.74, 6) is 0. The molecule has 1 atom stereocenters. The highest BCUT2D eigenvalue weighted by Crippen LogP contribution is 2.22. The van der Waals surface area contributed by atoms with Crippen LogP contribution in [-0.4, -0.2) is 46.4 Å². The van der Waals surface area contributed by atoms with E-state index in [1.807, 2.05) is 6.20 Å². The molecule has 1 fully saturated rings. The Kier molecular flexibility index (Phi) is 4.37. The predicted octanol–water partition coefficient (Wildman–Crippen LogP) is 1.82. The average Bonchev–Trinajstić information content (AvgIpc) is 2.26. The molecular weight excluding hydrogens is 296 g/mol. The zero-order valence-electron chi connectivity index (χ0n) is 10.8. The normalized spacial score (nSPS) is 24.1. The van der Waals surface area contributed by atoms with E-state index in [0.29, 0.717) is 0 Å². The zero-order chi connectivity index (χ0) is 13.2. The molecule has 0 amide bonds. The van der Waals surface area contributed by atoms with Crippen molar-refractivity contribution < 1.29 is 9.84 Å². The van der Waals surface area contributed by atoms with Crippen molar-refractivity contribution in [1.82, 2.24) is 9.88 Å². The van der Waals surface area contributed by atoms with Crippen LogP contribution >= 0.6 is 15.9 Å². The van der Waals surface area contributed by atoms with Crippen molar-refractivity contribution in [3.63, 3.8) is 0 Å². The van der Waals surface area contributed by atoms with Gasteiger partial charge < -0.3 is 9.84 Å². The number of halogens is 1. The van der Waals surface area contributed by atoms with Crippen LogP contribution in [0.2, 0.25) is 0 Å². The zero-order valence-corrected chi connectivity index (χ0v) is 12.4. The number of rotatable bonds is 3. The largest absolute Gasteiger partial charge is 0.394 e. The highest BCUT2D eigenvalue weighted by molar-refractivity contribution is 9.10. The van der Waals surface area contributed by atoms with Gasteiger partial charge in [0, 0.05) is 36.5 Å². The lowest BCUT2D eigenvalue weighted by atomic mass is 10.0. The molecule has 1 aliphatic rings. The van der Waals surface area contributed by atoms with Gasteiger partial charge in [-0.3, -0.25) is 9.88 Å². The second kappa shape index (κ2) is 5.65. The van der Waals surface area contributed by atoms with Crippen LogP contribution in [0.15, 0.2) is 22.9 Å². The summed E-state index contributed by atoms with van der Waals surface area (Å²) in [5, 5.41) is 9.28. The molecule has 2 rings (SSSR count). The molecule has 18 heavy (non-hydrogen) atoms. The van der Waals surface area contributed by atoms with E-state index in [0.717, 1.165) is 24.1 Å². The third-order valence-corrected chi connectivity index (χ3v) is 3.36. The Bertz CT molecular complexity index is 412. The third kappa shape index (κ3) is 3.75. The monoisotopic (exact) mass is 314 g/mol. The summed E-state index contributed by atoms with van der Waals surface area (Å²) in [4.78, 5) is 6.47. The molecule has 1 aromatic rings. The highest BCUT2D eigenvalue weighted by Gasteiger charge is 2.32. The van der Waals surface area contributed by atoms with E-state index < -0.39 is 0 Å². The highest BCUT2D eigenvalue weighted by atomic mass is 79.9. The quantitative estimate of drug-likeness (QED) is 0.924. The minimum Gasteiger partial charge on any atom is -0.394 e. The van der Waals surface area contributed by atoms with Gasteiger partial charge in [0.1, 0.15) is 0 Å². The molecular formula is C13H19BrN2O2. The maximum Gasteiger partial charge on any atom is 0.0940 e. The topological polar surface area (TPSA) is 45.6 Å². The van der Waals surface area contributed by atoms with Gasteiger partial charge in [0.2, 0.25) is 0 Å². The molecule has 1 saturated heterocycles. The molecule has 1 aromatic heterocycles. The Balaban J connectivity index is 2.04. The molecule has 1 N–H and O–H groups in total. The van der Waals surface area contributed by atoms with Gasteiger partial charge in [0.15, 0.2) is 0 Å². The maximum atomic E-state index is 9.28. The lowest BCUT2D eigenvalue weighted by Crippen LogP contribution is -2.53. The van der Waals surface area contributed by atoms with Crippen LogP contribution in [0.3, 0.4) is 0 Å². The molecule has 0 aliphatic carbocycles. The van der Waals surface area contributed by atoms with Gasteiger partial charge in [-0.25, -0.2) is 0 Å². The van der Waals surface area contributed by atoms with Gasteiger partial charge in [-0.05, 0) is 41.4 Å². The second-order valence-corrected chi connectivity index (χ2v) is 6.28. The van der Waals surface area contributed by atoms with Gasteiger partial charge in [-0.2, -0.15) is 0 Å². The van der Waals surface area contributed by atoms with E-state index >= 15 is 0 Å². The van der Waals surface area contributed by atoms with Gasteiger partial charge in [-0.1, -0.05) is 0 Å². The van der Waals surface area contributed by atoms with E-state index in [4.69, 9.17) is 4.74 Å². The fourth-order valence-electron chi connectivity index (χ4n) is 2.43. The van der Waals surface area contributed by atoms with E-state index in [2.05, 4.69) is 45.7 Å². The van der Waals surface area contributed by atoms with E-state index in [9.17, 15) is 5.11 Å². The number of hydrogen-bond donors (Lipinski definition) is 1. The molecule has 5 heteroatoms. The number of ether oxygens (including phenoxy) is 1. The Labute approximate surface area is 116 Å². The Morgan fingerprint density at radius 2 is 2.33 bits per heavy atom. The molecule has 4 nitrogen and oxygen atoms in total. The average molecular weight is 315 g/mol. The summed E-state index contributed by atoms with van der Waals surface area (Å²) in [6.07, 6.45) is 3.55. The van der Waals surface area contributed by atoms with Gasteiger partial charge in [0.25, 0.3) is 0 Å². The third-order valence-electron chi connectivity index (χ3n) is 2.92. The SMILES string of the molecule is CC1(C)CN(Cc2cncc(Br)c2)CC(CO)O1. The summed E-state index contributed by atoms with van der Waals surface area (Å²) in [5.41, 5.74) is 0.948. The van der Waals surface area contributed by atoms with Crippen LogP contribution in [0, 0.1) is 0 Å². The molecule has 0 bridgehead atoms. The summed E-state index contributed by atoms with van der Waals surface area (Å²) in [6.45, 7) is 6.62. The van der Waals surface area contributed by atoms with E-state index in [1.165, 1.54) is 5.56 Å². The van der Waals surface area contributed by atoms with Gasteiger partial charge in [-0.15, -0.1) is 0 Å². The standard InChI is InChI=1S/C13H19BrN2O2/c1-13(2)9-16(7-12(8-17)18-13)6-10-3-11(14)5-15-4-10/h3-5,12,17H,6-9H2,1-2H3. The van der Waals surface area contributed by atoms with Crippen molar-refractivity contribution in [2.45, 2.75) is 32.1 Å². The fourth-order valence-corrected chi connectivity index (χ4v) is 2.84. The van der Waals surface area contributed by atoms with Crippen molar-refractivity contribution >= 4 is 15.9 Å². The second-order valence-electron chi connectivity index (χ2n) is 5.36. The summed E-state index contributed by atoms with van der Waals surface area (Å²) >= 11 is 3.43. The van der Waals surface area contributed by atoms with Crippen LogP contribution in [0.5, 0.6) is 0 Å².